The molecule has 0 amide bonds. The van der Waals surface area contributed by atoms with Crippen LogP contribution in [-0.4, -0.2) is 53.4 Å². The van der Waals surface area contributed by atoms with Gasteiger partial charge in [-0.15, -0.1) is 0 Å². The minimum absolute atomic E-state index is 0.234. The molecular formula is C29H56N2O2. The molecule has 0 bridgehead atoms. The van der Waals surface area contributed by atoms with Gasteiger partial charge in [-0.05, 0) is 74.5 Å². The number of morpholine rings is 1. The molecule has 1 aromatic heterocycles. The van der Waals surface area contributed by atoms with Crippen molar-refractivity contribution in [3.63, 3.8) is 0 Å². The smallest absolute Gasteiger partial charge is 0.0596 e. The van der Waals surface area contributed by atoms with E-state index in [0.29, 0.717) is 10.8 Å². The number of pyridine rings is 1. The average Bonchev–Trinajstić information content (AvgIpc) is 2.64. The van der Waals surface area contributed by atoms with Gasteiger partial charge in [0.15, 0.2) is 0 Å². The lowest BCUT2D eigenvalue weighted by Crippen LogP contribution is -2.37. The van der Waals surface area contributed by atoms with Gasteiger partial charge in [0.05, 0.1) is 18.8 Å². The molecule has 0 aliphatic carbocycles. The van der Waals surface area contributed by atoms with Crippen LogP contribution in [0.3, 0.4) is 0 Å². The molecule has 1 aromatic rings. The van der Waals surface area contributed by atoms with E-state index < -0.39 is 5.60 Å². The number of hydrogen-bond acceptors (Lipinski definition) is 4. The van der Waals surface area contributed by atoms with E-state index in [1.165, 1.54) is 25.1 Å². The first-order valence-electron chi connectivity index (χ1n) is 12.8. The number of aromatic nitrogens is 1. The highest BCUT2D eigenvalue weighted by atomic mass is 16.5. The fourth-order valence-electron chi connectivity index (χ4n) is 3.67. The molecule has 0 unspecified atom stereocenters. The van der Waals surface area contributed by atoms with Crippen molar-refractivity contribution >= 4 is 0 Å². The third kappa shape index (κ3) is 24.0. The molecule has 0 aromatic carbocycles. The number of aryl methyl sites for hydroxylation is 1. The van der Waals surface area contributed by atoms with Gasteiger partial charge in [0, 0.05) is 25.0 Å². The van der Waals surface area contributed by atoms with E-state index in [0.717, 1.165) is 39.1 Å². The Balaban J connectivity index is 0.000000472. The predicted molar refractivity (Wildman–Crippen MR) is 144 cm³/mol. The first-order valence-corrected chi connectivity index (χ1v) is 12.8. The number of rotatable bonds is 5. The van der Waals surface area contributed by atoms with Crippen LogP contribution in [0.5, 0.6) is 0 Å². The molecule has 0 saturated carbocycles. The van der Waals surface area contributed by atoms with Crippen LogP contribution in [0.15, 0.2) is 24.4 Å². The summed E-state index contributed by atoms with van der Waals surface area (Å²) < 4.78 is 5.29. The third-order valence-electron chi connectivity index (χ3n) is 5.10. The highest BCUT2D eigenvalue weighted by Gasteiger charge is 2.22. The Morgan fingerprint density at radius 2 is 1.36 bits per heavy atom. The fourth-order valence-corrected chi connectivity index (χ4v) is 3.67. The summed E-state index contributed by atoms with van der Waals surface area (Å²) in [5.74, 6) is 0. The summed E-state index contributed by atoms with van der Waals surface area (Å²) in [7, 11) is 0. The van der Waals surface area contributed by atoms with Gasteiger partial charge in [-0.1, -0.05) is 68.4 Å². The van der Waals surface area contributed by atoms with Crippen molar-refractivity contribution in [2.24, 2.45) is 16.2 Å². The standard InChI is InChI=1S/C11H17N.C10H21NO.C8H18O/c1-11(2,3)8-7-10-6-4-5-9-12-10;1-10(2,3)4-5-11-6-8-12-9-7-11;1-7(2,3)6-8(4,5)9/h4-6,9H,7-8H2,1-3H3;4-9H2,1-3H3;9H,6H2,1-5H3. The van der Waals surface area contributed by atoms with Gasteiger partial charge in [0.2, 0.25) is 0 Å². The minimum Gasteiger partial charge on any atom is -0.390 e. The molecule has 2 rings (SSSR count). The van der Waals surface area contributed by atoms with Crippen molar-refractivity contribution in [3.8, 4) is 0 Å². The molecule has 194 valence electrons. The molecule has 1 aliphatic heterocycles. The zero-order valence-electron chi connectivity index (χ0n) is 23.9. The van der Waals surface area contributed by atoms with E-state index in [4.69, 9.17) is 4.74 Å². The summed E-state index contributed by atoms with van der Waals surface area (Å²) in [6, 6.07) is 6.09. The molecule has 4 heteroatoms. The monoisotopic (exact) mass is 464 g/mol. The van der Waals surface area contributed by atoms with Crippen LogP contribution in [0.4, 0.5) is 0 Å². The molecule has 4 nitrogen and oxygen atoms in total. The Kier molecular flexibility index (Phi) is 14.0. The van der Waals surface area contributed by atoms with Crippen LogP contribution >= 0.6 is 0 Å². The Labute approximate surface area is 206 Å². The fraction of sp³-hybridized carbons (Fsp3) is 0.828. The summed E-state index contributed by atoms with van der Waals surface area (Å²) in [5.41, 5.74) is 1.80. The van der Waals surface area contributed by atoms with E-state index in [2.05, 4.69) is 78.3 Å². The van der Waals surface area contributed by atoms with Crippen LogP contribution < -0.4 is 0 Å². The van der Waals surface area contributed by atoms with E-state index in [9.17, 15) is 5.11 Å². The zero-order valence-corrected chi connectivity index (χ0v) is 23.9. The van der Waals surface area contributed by atoms with Crippen LogP contribution in [0, 0.1) is 16.2 Å². The molecule has 1 N–H and O–H groups in total. The second-order valence-corrected chi connectivity index (χ2v) is 13.7. The second kappa shape index (κ2) is 14.4. The zero-order chi connectivity index (χ0) is 25.8. The van der Waals surface area contributed by atoms with Gasteiger partial charge >= 0.3 is 0 Å². The second-order valence-electron chi connectivity index (χ2n) is 13.7. The molecule has 1 aliphatic rings. The van der Waals surface area contributed by atoms with Crippen molar-refractivity contribution in [1.29, 1.82) is 0 Å². The number of hydrogen-bond donors (Lipinski definition) is 1. The van der Waals surface area contributed by atoms with Gasteiger partial charge in [0.25, 0.3) is 0 Å². The molecule has 1 fully saturated rings. The van der Waals surface area contributed by atoms with Gasteiger partial charge in [-0.3, -0.25) is 9.88 Å². The van der Waals surface area contributed by atoms with Crippen LogP contribution in [0.1, 0.15) is 101 Å². The number of ether oxygens (including phenoxy) is 1. The quantitative estimate of drug-likeness (QED) is 0.509. The van der Waals surface area contributed by atoms with Gasteiger partial charge in [0.1, 0.15) is 0 Å². The Morgan fingerprint density at radius 1 is 0.818 bits per heavy atom. The molecule has 0 radical (unpaired) electrons. The lowest BCUT2D eigenvalue weighted by Gasteiger charge is -2.29. The van der Waals surface area contributed by atoms with Crippen LogP contribution in [-0.2, 0) is 11.2 Å². The number of nitrogens with zero attached hydrogens (tertiary/aromatic N) is 2. The number of aliphatic hydroxyl groups is 1. The van der Waals surface area contributed by atoms with Gasteiger partial charge in [-0.2, -0.15) is 0 Å². The van der Waals surface area contributed by atoms with E-state index in [1.807, 2.05) is 32.2 Å². The molecule has 0 spiro atoms. The Hall–Kier alpha value is -0.970. The van der Waals surface area contributed by atoms with Crippen molar-refractivity contribution in [1.82, 2.24) is 9.88 Å². The minimum atomic E-state index is -0.516. The molecule has 1 saturated heterocycles. The van der Waals surface area contributed by atoms with Gasteiger partial charge in [-0.25, -0.2) is 0 Å². The van der Waals surface area contributed by atoms with Gasteiger partial charge < -0.3 is 9.84 Å². The summed E-state index contributed by atoms with van der Waals surface area (Å²) in [6.07, 6.45) is 6.28. The Bertz CT molecular complexity index is 584. The third-order valence-corrected chi connectivity index (χ3v) is 5.10. The predicted octanol–water partition coefficient (Wildman–Crippen LogP) is 7.01. The SMILES string of the molecule is CC(C)(C)CC(C)(C)O.CC(C)(C)CCN1CCOCC1.CC(C)(C)CCc1ccccn1. The van der Waals surface area contributed by atoms with E-state index in [-0.39, 0.29) is 5.41 Å². The summed E-state index contributed by atoms with van der Waals surface area (Å²) in [6.45, 7) is 29.1. The molecule has 2 heterocycles. The van der Waals surface area contributed by atoms with E-state index in [1.54, 1.807) is 0 Å². The first-order chi connectivity index (χ1) is 14.9. The summed E-state index contributed by atoms with van der Waals surface area (Å²) >= 11 is 0. The van der Waals surface area contributed by atoms with E-state index >= 15 is 0 Å². The highest BCUT2D eigenvalue weighted by molar-refractivity contribution is 5.03. The van der Waals surface area contributed by atoms with Crippen LogP contribution in [0.2, 0.25) is 0 Å². The van der Waals surface area contributed by atoms with Crippen LogP contribution in [0.25, 0.3) is 0 Å². The maximum atomic E-state index is 9.35. The van der Waals surface area contributed by atoms with Crippen molar-refractivity contribution < 1.29 is 9.84 Å². The lowest BCUT2D eigenvalue weighted by atomic mass is 9.84. The topological polar surface area (TPSA) is 45.6 Å². The maximum absolute atomic E-state index is 9.35. The first kappa shape index (κ1) is 32.0. The molecular weight excluding hydrogens is 408 g/mol. The molecule has 33 heavy (non-hydrogen) atoms. The van der Waals surface area contributed by atoms with Crippen molar-refractivity contribution in [3.05, 3.63) is 30.1 Å². The molecule has 0 atom stereocenters. The summed E-state index contributed by atoms with van der Waals surface area (Å²) in [5, 5.41) is 9.35. The normalized spacial score (nSPS) is 15.8. The van der Waals surface area contributed by atoms with Crippen molar-refractivity contribution in [2.45, 2.75) is 107 Å². The largest absolute Gasteiger partial charge is 0.390 e. The van der Waals surface area contributed by atoms with Crippen molar-refractivity contribution in [2.75, 3.05) is 32.8 Å². The lowest BCUT2D eigenvalue weighted by molar-refractivity contribution is 0.0333. The Morgan fingerprint density at radius 3 is 1.73 bits per heavy atom. The summed E-state index contributed by atoms with van der Waals surface area (Å²) in [4.78, 5) is 6.78. The maximum Gasteiger partial charge on any atom is 0.0596 e. The highest BCUT2D eigenvalue weighted by Crippen LogP contribution is 2.26. The average molecular weight is 465 g/mol.